The number of hydrogen-bond donors (Lipinski definition) is 1. The first-order valence-electron chi connectivity index (χ1n) is 9.37. The van der Waals surface area contributed by atoms with Gasteiger partial charge in [0, 0.05) is 6.54 Å². The highest BCUT2D eigenvalue weighted by Crippen LogP contribution is 2.37. The second-order valence-electron chi connectivity index (χ2n) is 7.27. The molecule has 1 saturated carbocycles. The zero-order chi connectivity index (χ0) is 16.9. The standard InChI is InChI=1S/C20H31NO3/c1-23-18-11-10-16(13-19(18)24-2)20-17(22)9-6-12-21(20)14-15-7-4-3-5-8-15/h10-11,13,15,17,20,22H,3-9,12,14H2,1-2H3/t17-,20-/m1/s1. The van der Waals surface area contributed by atoms with Crippen LogP contribution in [0.25, 0.3) is 0 Å². The van der Waals surface area contributed by atoms with E-state index in [9.17, 15) is 5.11 Å². The molecule has 3 rings (SSSR count). The predicted octanol–water partition coefficient (Wildman–Crippen LogP) is 3.78. The molecule has 0 amide bonds. The van der Waals surface area contributed by atoms with E-state index in [4.69, 9.17) is 9.47 Å². The predicted molar refractivity (Wildman–Crippen MR) is 95.7 cm³/mol. The SMILES string of the molecule is COc1ccc([C@@H]2[C@H](O)CCCN2CC2CCCCC2)cc1OC. The number of methoxy groups -OCH3 is 2. The van der Waals surface area contributed by atoms with Crippen molar-refractivity contribution in [1.82, 2.24) is 4.90 Å². The van der Waals surface area contributed by atoms with Gasteiger partial charge in [0.1, 0.15) is 0 Å². The van der Waals surface area contributed by atoms with Crippen molar-refractivity contribution in [3.05, 3.63) is 23.8 Å². The topological polar surface area (TPSA) is 41.9 Å². The molecule has 2 aliphatic rings. The van der Waals surface area contributed by atoms with E-state index in [2.05, 4.69) is 11.0 Å². The lowest BCUT2D eigenvalue weighted by molar-refractivity contribution is -0.000924. The lowest BCUT2D eigenvalue weighted by Crippen LogP contribution is -2.44. The molecule has 134 valence electrons. The average molecular weight is 333 g/mol. The van der Waals surface area contributed by atoms with Gasteiger partial charge in [-0.3, -0.25) is 4.90 Å². The van der Waals surface area contributed by atoms with Gasteiger partial charge in [-0.25, -0.2) is 0 Å². The number of nitrogens with zero attached hydrogens (tertiary/aromatic N) is 1. The molecule has 1 heterocycles. The maximum Gasteiger partial charge on any atom is 0.161 e. The van der Waals surface area contributed by atoms with E-state index in [0.717, 1.165) is 48.9 Å². The molecule has 4 heteroatoms. The van der Waals surface area contributed by atoms with Gasteiger partial charge in [0.2, 0.25) is 0 Å². The van der Waals surface area contributed by atoms with Crippen molar-refractivity contribution in [3.63, 3.8) is 0 Å². The summed E-state index contributed by atoms with van der Waals surface area (Å²) < 4.78 is 10.8. The Morgan fingerprint density at radius 2 is 1.75 bits per heavy atom. The van der Waals surface area contributed by atoms with Crippen LogP contribution in [0.3, 0.4) is 0 Å². The Morgan fingerprint density at radius 3 is 2.46 bits per heavy atom. The molecule has 2 fully saturated rings. The second-order valence-corrected chi connectivity index (χ2v) is 7.27. The number of ether oxygens (including phenoxy) is 2. The smallest absolute Gasteiger partial charge is 0.161 e. The number of aliphatic hydroxyl groups excluding tert-OH is 1. The van der Waals surface area contributed by atoms with Crippen LogP contribution < -0.4 is 9.47 Å². The molecule has 1 aromatic rings. The molecule has 0 spiro atoms. The monoisotopic (exact) mass is 333 g/mol. The Morgan fingerprint density at radius 1 is 1.00 bits per heavy atom. The molecule has 24 heavy (non-hydrogen) atoms. The number of aliphatic hydroxyl groups is 1. The number of hydrogen-bond acceptors (Lipinski definition) is 4. The number of piperidine rings is 1. The lowest BCUT2D eigenvalue weighted by Gasteiger charge is -2.41. The van der Waals surface area contributed by atoms with Gasteiger partial charge in [0.05, 0.1) is 26.4 Å². The van der Waals surface area contributed by atoms with Crippen LogP contribution in [0.4, 0.5) is 0 Å². The van der Waals surface area contributed by atoms with Crippen LogP contribution in [0.1, 0.15) is 56.6 Å². The quantitative estimate of drug-likeness (QED) is 0.890. The fourth-order valence-electron chi connectivity index (χ4n) is 4.42. The fourth-order valence-corrected chi connectivity index (χ4v) is 4.42. The molecule has 0 radical (unpaired) electrons. The molecule has 1 N–H and O–H groups in total. The summed E-state index contributed by atoms with van der Waals surface area (Å²) in [4.78, 5) is 2.51. The maximum absolute atomic E-state index is 10.7. The zero-order valence-electron chi connectivity index (χ0n) is 15.0. The Balaban J connectivity index is 1.80. The van der Waals surface area contributed by atoms with Gasteiger partial charge in [-0.1, -0.05) is 25.3 Å². The van der Waals surface area contributed by atoms with Crippen molar-refractivity contribution in [2.75, 3.05) is 27.3 Å². The third-order valence-electron chi connectivity index (χ3n) is 5.67. The highest BCUT2D eigenvalue weighted by molar-refractivity contribution is 5.44. The van der Waals surface area contributed by atoms with Crippen molar-refractivity contribution in [2.45, 2.75) is 57.1 Å². The molecule has 0 unspecified atom stereocenters. The molecule has 0 aromatic heterocycles. The minimum atomic E-state index is -0.305. The van der Waals surface area contributed by atoms with Gasteiger partial charge in [0.25, 0.3) is 0 Å². The van der Waals surface area contributed by atoms with E-state index in [-0.39, 0.29) is 12.1 Å². The first-order valence-corrected chi connectivity index (χ1v) is 9.37. The largest absolute Gasteiger partial charge is 0.493 e. The van der Waals surface area contributed by atoms with Gasteiger partial charge >= 0.3 is 0 Å². The molecule has 1 aromatic carbocycles. The summed E-state index contributed by atoms with van der Waals surface area (Å²) in [5.74, 6) is 2.27. The van der Waals surface area contributed by atoms with E-state index < -0.39 is 0 Å². The van der Waals surface area contributed by atoms with Gasteiger partial charge in [-0.05, 0) is 55.8 Å². The van der Waals surface area contributed by atoms with Crippen molar-refractivity contribution < 1.29 is 14.6 Å². The summed E-state index contributed by atoms with van der Waals surface area (Å²) in [6.45, 7) is 2.18. The van der Waals surface area contributed by atoms with Gasteiger partial charge < -0.3 is 14.6 Å². The Kier molecular flexibility index (Phi) is 6.01. The molecule has 1 saturated heterocycles. The van der Waals surface area contributed by atoms with Crippen LogP contribution in [0.5, 0.6) is 11.5 Å². The van der Waals surface area contributed by atoms with E-state index >= 15 is 0 Å². The van der Waals surface area contributed by atoms with Crippen molar-refractivity contribution >= 4 is 0 Å². The third kappa shape index (κ3) is 3.86. The molecular formula is C20H31NO3. The summed E-state index contributed by atoms with van der Waals surface area (Å²) in [6, 6.07) is 6.13. The fraction of sp³-hybridized carbons (Fsp3) is 0.700. The van der Waals surface area contributed by atoms with Crippen LogP contribution in [0, 0.1) is 5.92 Å². The van der Waals surface area contributed by atoms with E-state index in [1.165, 1.54) is 32.1 Å². The van der Waals surface area contributed by atoms with Crippen LogP contribution in [0.2, 0.25) is 0 Å². The summed E-state index contributed by atoms with van der Waals surface area (Å²) in [7, 11) is 3.32. The highest BCUT2D eigenvalue weighted by atomic mass is 16.5. The van der Waals surface area contributed by atoms with Crippen molar-refractivity contribution in [2.24, 2.45) is 5.92 Å². The van der Waals surface area contributed by atoms with Gasteiger partial charge in [0.15, 0.2) is 11.5 Å². The summed E-state index contributed by atoms with van der Waals surface area (Å²) in [6.07, 6.45) is 8.44. The summed E-state index contributed by atoms with van der Waals surface area (Å²) in [5, 5.41) is 10.7. The van der Waals surface area contributed by atoms with Crippen molar-refractivity contribution in [1.29, 1.82) is 0 Å². The molecular weight excluding hydrogens is 302 g/mol. The first kappa shape index (κ1) is 17.6. The van der Waals surface area contributed by atoms with E-state index in [0.29, 0.717) is 0 Å². The second kappa shape index (κ2) is 8.21. The minimum absolute atomic E-state index is 0.0699. The van der Waals surface area contributed by atoms with Crippen LogP contribution >= 0.6 is 0 Å². The number of likely N-dealkylation sites (tertiary alicyclic amines) is 1. The molecule has 4 nitrogen and oxygen atoms in total. The molecule has 1 aliphatic carbocycles. The normalized spacial score (nSPS) is 26.3. The lowest BCUT2D eigenvalue weighted by atomic mass is 9.86. The van der Waals surface area contributed by atoms with Crippen molar-refractivity contribution in [3.8, 4) is 11.5 Å². The third-order valence-corrected chi connectivity index (χ3v) is 5.67. The molecule has 0 bridgehead atoms. The van der Waals surface area contributed by atoms with Crippen LogP contribution in [0.15, 0.2) is 18.2 Å². The van der Waals surface area contributed by atoms with Gasteiger partial charge in [-0.2, -0.15) is 0 Å². The molecule has 1 aliphatic heterocycles. The van der Waals surface area contributed by atoms with Crippen LogP contribution in [-0.4, -0.2) is 43.4 Å². The summed E-state index contributed by atoms with van der Waals surface area (Å²) in [5.41, 5.74) is 1.13. The minimum Gasteiger partial charge on any atom is -0.493 e. The average Bonchev–Trinajstić information content (AvgIpc) is 2.62. The van der Waals surface area contributed by atoms with E-state index in [1.54, 1.807) is 14.2 Å². The maximum atomic E-state index is 10.7. The first-order chi connectivity index (χ1) is 11.7. The highest BCUT2D eigenvalue weighted by Gasteiger charge is 2.33. The Bertz CT molecular complexity index is 528. The number of rotatable bonds is 5. The van der Waals surface area contributed by atoms with Gasteiger partial charge in [-0.15, -0.1) is 0 Å². The molecule has 2 atom stereocenters. The van der Waals surface area contributed by atoms with E-state index in [1.807, 2.05) is 12.1 Å². The zero-order valence-corrected chi connectivity index (χ0v) is 15.0. The Hall–Kier alpha value is -1.26. The Labute approximate surface area is 145 Å². The number of benzene rings is 1. The van der Waals surface area contributed by atoms with Crippen LogP contribution in [-0.2, 0) is 0 Å². The summed E-state index contributed by atoms with van der Waals surface area (Å²) >= 11 is 0.